The second-order valence-corrected chi connectivity index (χ2v) is 5.04. The van der Waals surface area contributed by atoms with Crippen LogP contribution in [-0.4, -0.2) is 38.0 Å². The smallest absolute Gasteiger partial charge is 0.352 e. The van der Waals surface area contributed by atoms with Gasteiger partial charge in [0.15, 0.2) is 6.29 Å². The molecule has 0 saturated carbocycles. The van der Waals surface area contributed by atoms with Crippen LogP contribution in [0.1, 0.15) is 26.3 Å². The first-order valence-electron chi connectivity index (χ1n) is 7.72. The van der Waals surface area contributed by atoms with Gasteiger partial charge in [-0.1, -0.05) is 6.07 Å². The molecular weight excluding hydrogens is 325 g/mol. The van der Waals surface area contributed by atoms with E-state index in [-0.39, 0.29) is 5.69 Å². The molecule has 0 heterocycles. The second kappa shape index (κ2) is 9.61. The number of nitrogens with one attached hydrogen (secondary N) is 2. The maximum atomic E-state index is 12.7. The lowest BCUT2D eigenvalue weighted by Gasteiger charge is -2.20. The van der Waals surface area contributed by atoms with Crippen LogP contribution in [-0.2, 0) is 20.4 Å². The summed E-state index contributed by atoms with van der Waals surface area (Å²) < 4.78 is 48.7. The molecule has 1 amide bonds. The third kappa shape index (κ3) is 6.86. The van der Waals surface area contributed by atoms with Gasteiger partial charge in [0, 0.05) is 25.4 Å². The van der Waals surface area contributed by atoms with Gasteiger partial charge in [0.25, 0.3) is 0 Å². The average Bonchev–Trinajstić information content (AvgIpc) is 2.52. The molecule has 0 bridgehead atoms. The first-order chi connectivity index (χ1) is 11.3. The summed E-state index contributed by atoms with van der Waals surface area (Å²) in [6, 6.07) is 3.88. The third-order valence-corrected chi connectivity index (χ3v) is 3.15. The van der Waals surface area contributed by atoms with E-state index in [1.807, 2.05) is 13.8 Å². The predicted octanol–water partition coefficient (Wildman–Crippen LogP) is 3.02. The van der Waals surface area contributed by atoms with E-state index < -0.39 is 30.0 Å². The van der Waals surface area contributed by atoms with E-state index in [9.17, 15) is 18.0 Å². The van der Waals surface area contributed by atoms with Crippen LogP contribution in [0.3, 0.4) is 0 Å². The molecule has 136 valence electrons. The van der Waals surface area contributed by atoms with Crippen LogP contribution in [0.25, 0.3) is 0 Å². The molecule has 1 atom stereocenters. The highest BCUT2D eigenvalue weighted by atomic mass is 19.4. The monoisotopic (exact) mass is 348 g/mol. The molecule has 0 spiro atoms. The summed E-state index contributed by atoms with van der Waals surface area (Å²) in [5.74, 6) is -0.443. The molecule has 24 heavy (non-hydrogen) atoms. The number of anilines is 1. The summed E-state index contributed by atoms with van der Waals surface area (Å²) in [7, 11) is 0. The molecule has 0 fully saturated rings. The third-order valence-electron chi connectivity index (χ3n) is 3.15. The summed E-state index contributed by atoms with van der Waals surface area (Å²) in [6.07, 6.45) is -4.93. The molecule has 1 rings (SSSR count). The maximum absolute atomic E-state index is 12.7. The van der Waals surface area contributed by atoms with Crippen molar-refractivity contribution >= 4 is 11.6 Å². The Balaban J connectivity index is 2.58. The molecular formula is C16H23F3N2O3. The molecule has 0 aliphatic rings. The van der Waals surface area contributed by atoms with Gasteiger partial charge in [-0.25, -0.2) is 0 Å². The SMILES string of the molecule is CCOC(CN[C@H](C)C(=O)Nc1cccc(C(F)(F)F)c1)OCC. The van der Waals surface area contributed by atoms with Crippen molar-refractivity contribution < 1.29 is 27.4 Å². The van der Waals surface area contributed by atoms with E-state index in [1.54, 1.807) is 6.92 Å². The van der Waals surface area contributed by atoms with Crippen LogP contribution in [0.4, 0.5) is 18.9 Å². The fourth-order valence-corrected chi connectivity index (χ4v) is 1.93. The van der Waals surface area contributed by atoms with Crippen molar-refractivity contribution in [2.75, 3.05) is 25.1 Å². The Bertz CT molecular complexity index is 518. The zero-order valence-corrected chi connectivity index (χ0v) is 13.9. The molecule has 0 unspecified atom stereocenters. The Morgan fingerprint density at radius 3 is 2.38 bits per heavy atom. The van der Waals surface area contributed by atoms with Gasteiger partial charge >= 0.3 is 6.18 Å². The summed E-state index contributed by atoms with van der Waals surface area (Å²) in [5.41, 5.74) is -0.719. The van der Waals surface area contributed by atoms with E-state index in [4.69, 9.17) is 9.47 Å². The first kappa shape index (κ1) is 20.4. The first-order valence-corrected chi connectivity index (χ1v) is 7.72. The van der Waals surface area contributed by atoms with Crippen molar-refractivity contribution in [3.63, 3.8) is 0 Å². The number of hydrogen-bond donors (Lipinski definition) is 2. The van der Waals surface area contributed by atoms with Crippen LogP contribution < -0.4 is 10.6 Å². The van der Waals surface area contributed by atoms with E-state index >= 15 is 0 Å². The topological polar surface area (TPSA) is 59.6 Å². The van der Waals surface area contributed by atoms with Crippen molar-refractivity contribution in [1.29, 1.82) is 0 Å². The summed E-state index contributed by atoms with van der Waals surface area (Å²) in [4.78, 5) is 12.1. The Morgan fingerprint density at radius 1 is 1.21 bits per heavy atom. The summed E-state index contributed by atoms with van der Waals surface area (Å²) in [6.45, 7) is 6.50. The number of ether oxygens (including phenoxy) is 2. The van der Waals surface area contributed by atoms with Gasteiger partial charge < -0.3 is 20.1 Å². The second-order valence-electron chi connectivity index (χ2n) is 5.04. The molecule has 0 radical (unpaired) electrons. The lowest BCUT2D eigenvalue weighted by Crippen LogP contribution is -2.43. The van der Waals surface area contributed by atoms with Crippen molar-refractivity contribution in [3.8, 4) is 0 Å². The number of hydrogen-bond acceptors (Lipinski definition) is 4. The predicted molar refractivity (Wildman–Crippen MR) is 84.6 cm³/mol. The van der Waals surface area contributed by atoms with Gasteiger partial charge in [0.05, 0.1) is 11.6 Å². The van der Waals surface area contributed by atoms with Crippen LogP contribution >= 0.6 is 0 Å². The largest absolute Gasteiger partial charge is 0.416 e. The molecule has 2 N–H and O–H groups in total. The Hall–Kier alpha value is -1.64. The van der Waals surface area contributed by atoms with Crippen LogP contribution in [0.2, 0.25) is 0 Å². The van der Waals surface area contributed by atoms with Crippen LogP contribution in [0, 0.1) is 0 Å². The number of halogens is 3. The Kier molecular flexibility index (Phi) is 8.17. The highest BCUT2D eigenvalue weighted by Crippen LogP contribution is 2.30. The number of rotatable bonds is 9. The minimum atomic E-state index is -4.45. The Labute approximate surface area is 139 Å². The van der Waals surface area contributed by atoms with E-state index in [2.05, 4.69) is 10.6 Å². The van der Waals surface area contributed by atoms with E-state index in [0.717, 1.165) is 12.1 Å². The molecule has 0 saturated heterocycles. The molecule has 0 aliphatic heterocycles. The quantitative estimate of drug-likeness (QED) is 0.674. The standard InChI is InChI=1S/C16H23F3N2O3/c1-4-23-14(24-5-2)10-20-11(3)15(22)21-13-8-6-7-12(9-13)16(17,18)19/h6-9,11,14,20H,4-5,10H2,1-3H3,(H,21,22)/t11-/m1/s1. The molecule has 8 heteroatoms. The number of benzene rings is 1. The highest BCUT2D eigenvalue weighted by Gasteiger charge is 2.30. The van der Waals surface area contributed by atoms with Crippen LogP contribution in [0.5, 0.6) is 0 Å². The van der Waals surface area contributed by atoms with Gasteiger partial charge in [-0.3, -0.25) is 4.79 Å². The lowest BCUT2D eigenvalue weighted by molar-refractivity contribution is -0.137. The van der Waals surface area contributed by atoms with Crippen molar-refractivity contribution in [2.24, 2.45) is 0 Å². The molecule has 5 nitrogen and oxygen atoms in total. The number of carbonyl (C=O) groups excluding carboxylic acids is 1. The van der Waals surface area contributed by atoms with Gasteiger partial charge in [-0.2, -0.15) is 13.2 Å². The van der Waals surface area contributed by atoms with Gasteiger partial charge in [-0.15, -0.1) is 0 Å². The fourth-order valence-electron chi connectivity index (χ4n) is 1.93. The minimum Gasteiger partial charge on any atom is -0.352 e. The van der Waals surface area contributed by atoms with Crippen LogP contribution in [0.15, 0.2) is 24.3 Å². The Morgan fingerprint density at radius 2 is 1.83 bits per heavy atom. The van der Waals surface area contributed by atoms with Crippen molar-refractivity contribution in [1.82, 2.24) is 5.32 Å². The highest BCUT2D eigenvalue weighted by molar-refractivity contribution is 5.94. The zero-order valence-electron chi connectivity index (χ0n) is 13.9. The molecule has 1 aromatic rings. The molecule has 0 aromatic heterocycles. The molecule has 0 aliphatic carbocycles. The van der Waals surface area contributed by atoms with E-state index in [0.29, 0.717) is 19.8 Å². The minimum absolute atomic E-state index is 0.0923. The van der Waals surface area contributed by atoms with Crippen molar-refractivity contribution in [3.05, 3.63) is 29.8 Å². The van der Waals surface area contributed by atoms with Gasteiger partial charge in [0.1, 0.15) is 0 Å². The fraction of sp³-hybridized carbons (Fsp3) is 0.562. The maximum Gasteiger partial charge on any atom is 0.416 e. The summed E-state index contributed by atoms with van der Waals surface area (Å²) >= 11 is 0. The van der Waals surface area contributed by atoms with Crippen molar-refractivity contribution in [2.45, 2.75) is 39.3 Å². The normalized spacial score (nSPS) is 13.1. The van der Waals surface area contributed by atoms with Gasteiger partial charge in [0.2, 0.25) is 5.91 Å². The number of alkyl halides is 3. The summed E-state index contributed by atoms with van der Waals surface area (Å²) in [5, 5.41) is 5.39. The molecule has 1 aromatic carbocycles. The van der Waals surface area contributed by atoms with E-state index in [1.165, 1.54) is 12.1 Å². The zero-order chi connectivity index (χ0) is 18.2. The average molecular weight is 348 g/mol. The lowest BCUT2D eigenvalue weighted by atomic mass is 10.2. The van der Waals surface area contributed by atoms with Gasteiger partial charge in [-0.05, 0) is 39.0 Å². The number of carbonyl (C=O) groups is 1. The number of amides is 1.